The number of fused-ring (bicyclic) bond motifs is 11. The minimum Gasteiger partial charge on any atom is -0.455 e. The first-order chi connectivity index (χ1) is 20.7. The van der Waals surface area contributed by atoms with E-state index in [-0.39, 0.29) is 0 Å². The van der Waals surface area contributed by atoms with Crippen LogP contribution in [0.4, 0.5) is 0 Å². The van der Waals surface area contributed by atoms with E-state index < -0.39 is 0 Å². The predicted molar refractivity (Wildman–Crippen MR) is 175 cm³/mol. The molecule has 0 aliphatic rings. The van der Waals surface area contributed by atoms with Crippen LogP contribution in [-0.4, -0.2) is 9.97 Å². The summed E-state index contributed by atoms with van der Waals surface area (Å²) >= 11 is 0. The molecule has 7 aromatic carbocycles. The summed E-state index contributed by atoms with van der Waals surface area (Å²) in [6, 6.07) is 42.7. The Hall–Kier alpha value is -5.54. The molecule has 0 amide bonds. The third-order valence-electron chi connectivity index (χ3n) is 8.61. The monoisotopic (exact) mass is 536 g/mol. The zero-order valence-electron chi connectivity index (χ0n) is 22.9. The highest BCUT2D eigenvalue weighted by molar-refractivity contribution is 6.24. The number of hydrogen-bond donors (Lipinski definition) is 0. The smallest absolute Gasteiger partial charge is 0.143 e. The maximum Gasteiger partial charge on any atom is 0.143 e. The van der Waals surface area contributed by atoms with Crippen molar-refractivity contribution in [1.29, 1.82) is 0 Å². The van der Waals surface area contributed by atoms with E-state index in [1.807, 2.05) is 6.20 Å². The summed E-state index contributed by atoms with van der Waals surface area (Å²) in [6.45, 7) is 2.11. The van der Waals surface area contributed by atoms with Crippen LogP contribution < -0.4 is 0 Å². The fourth-order valence-corrected chi connectivity index (χ4v) is 6.59. The van der Waals surface area contributed by atoms with E-state index in [0.717, 1.165) is 66.3 Å². The molecule has 9 rings (SSSR count). The van der Waals surface area contributed by atoms with Crippen molar-refractivity contribution in [3.05, 3.63) is 133 Å². The molecule has 2 heterocycles. The van der Waals surface area contributed by atoms with Crippen molar-refractivity contribution < 1.29 is 4.42 Å². The summed E-state index contributed by atoms with van der Waals surface area (Å²) in [6.07, 6.45) is 1.90. The topological polar surface area (TPSA) is 38.9 Å². The van der Waals surface area contributed by atoms with Crippen LogP contribution >= 0.6 is 0 Å². The first kappa shape index (κ1) is 23.2. The first-order valence-corrected chi connectivity index (χ1v) is 14.3. The van der Waals surface area contributed by atoms with Crippen LogP contribution in [0.25, 0.3) is 87.7 Å². The number of hydrogen-bond acceptors (Lipinski definition) is 3. The van der Waals surface area contributed by atoms with Crippen molar-refractivity contribution in [3.8, 4) is 22.4 Å². The Morgan fingerprint density at radius 1 is 0.524 bits per heavy atom. The summed E-state index contributed by atoms with van der Waals surface area (Å²) in [7, 11) is 0. The van der Waals surface area contributed by atoms with Crippen molar-refractivity contribution in [1.82, 2.24) is 9.97 Å². The Bertz CT molecular complexity index is 2490. The zero-order valence-corrected chi connectivity index (χ0v) is 22.9. The lowest BCUT2D eigenvalue weighted by atomic mass is 9.95. The third-order valence-corrected chi connectivity index (χ3v) is 8.61. The van der Waals surface area contributed by atoms with E-state index in [9.17, 15) is 0 Å². The molecule has 3 nitrogen and oxygen atoms in total. The van der Waals surface area contributed by atoms with Gasteiger partial charge in [0.1, 0.15) is 11.2 Å². The largest absolute Gasteiger partial charge is 0.455 e. The van der Waals surface area contributed by atoms with Crippen molar-refractivity contribution in [2.75, 3.05) is 0 Å². The van der Waals surface area contributed by atoms with E-state index in [2.05, 4.69) is 128 Å². The Balaban J connectivity index is 1.23. The number of rotatable bonds is 2. The first-order valence-electron chi connectivity index (χ1n) is 14.3. The lowest BCUT2D eigenvalue weighted by Crippen LogP contribution is -1.92. The van der Waals surface area contributed by atoms with Crippen LogP contribution in [0, 0.1) is 6.92 Å². The molecule has 3 heteroatoms. The normalized spacial score (nSPS) is 11.9. The standard InChI is InChI=1S/C39H24N2O/c1-23-9-8-16-32-35-27-11-3-2-10-26(27)21-33(39(35)42-38(23)32)24-17-19-25(20-18-24)34-22-40-36-30-14-6-4-12-28(30)29-13-5-7-15-31(29)37(36)41-34/h2-22H,1H3. The van der Waals surface area contributed by atoms with Gasteiger partial charge in [-0.05, 0) is 45.7 Å². The van der Waals surface area contributed by atoms with Crippen LogP contribution in [0.1, 0.15) is 5.56 Å². The van der Waals surface area contributed by atoms with Gasteiger partial charge in [-0.15, -0.1) is 0 Å². The second-order valence-electron chi connectivity index (χ2n) is 11.0. The molecule has 42 heavy (non-hydrogen) atoms. The van der Waals surface area contributed by atoms with Gasteiger partial charge < -0.3 is 4.42 Å². The third kappa shape index (κ3) is 3.28. The second kappa shape index (κ2) is 8.73. The maximum atomic E-state index is 6.59. The molecular formula is C39H24N2O. The quantitative estimate of drug-likeness (QED) is 0.206. The fraction of sp³-hybridized carbons (Fsp3) is 0.0256. The molecule has 0 aliphatic heterocycles. The van der Waals surface area contributed by atoms with Gasteiger partial charge in [0.05, 0.1) is 22.9 Å². The zero-order chi connectivity index (χ0) is 27.8. The SMILES string of the molecule is Cc1cccc2c1oc1c(-c3ccc(-c4cnc5c6ccccc6c6ccccc6c5n4)cc3)cc3ccccc3c12. The molecule has 2 aromatic heterocycles. The number of nitrogens with zero attached hydrogens (tertiary/aromatic N) is 2. The molecular weight excluding hydrogens is 512 g/mol. The number of benzene rings is 7. The van der Waals surface area contributed by atoms with Gasteiger partial charge >= 0.3 is 0 Å². The van der Waals surface area contributed by atoms with E-state index in [1.54, 1.807) is 0 Å². The Kier molecular flexibility index (Phi) is 4.82. The van der Waals surface area contributed by atoms with E-state index in [0.29, 0.717) is 0 Å². The van der Waals surface area contributed by atoms with Gasteiger partial charge in [-0.1, -0.05) is 115 Å². The maximum absolute atomic E-state index is 6.59. The molecule has 0 aliphatic carbocycles. The fourth-order valence-electron chi connectivity index (χ4n) is 6.59. The van der Waals surface area contributed by atoms with E-state index in [4.69, 9.17) is 14.4 Å². The van der Waals surface area contributed by atoms with Gasteiger partial charge in [0.2, 0.25) is 0 Å². The molecule has 0 N–H and O–H groups in total. The lowest BCUT2D eigenvalue weighted by Gasteiger charge is -2.11. The summed E-state index contributed by atoms with van der Waals surface area (Å²) < 4.78 is 6.59. The average molecular weight is 537 g/mol. The second-order valence-corrected chi connectivity index (χ2v) is 11.0. The minimum atomic E-state index is 0.859. The summed E-state index contributed by atoms with van der Waals surface area (Å²) in [4.78, 5) is 10.1. The number of furan rings is 1. The summed E-state index contributed by atoms with van der Waals surface area (Å²) in [5.74, 6) is 0. The van der Waals surface area contributed by atoms with Gasteiger partial charge in [-0.3, -0.25) is 4.98 Å². The molecule has 0 spiro atoms. The molecule has 0 atom stereocenters. The molecule has 0 saturated carbocycles. The van der Waals surface area contributed by atoms with Gasteiger partial charge in [-0.2, -0.15) is 0 Å². The van der Waals surface area contributed by atoms with E-state index in [1.165, 1.54) is 26.9 Å². The molecule has 196 valence electrons. The summed E-state index contributed by atoms with van der Waals surface area (Å²) in [5, 5.41) is 9.39. The molecule has 0 bridgehead atoms. The van der Waals surface area contributed by atoms with Gasteiger partial charge in [0.25, 0.3) is 0 Å². The van der Waals surface area contributed by atoms with Crippen LogP contribution in [0.3, 0.4) is 0 Å². The number of para-hydroxylation sites is 1. The van der Waals surface area contributed by atoms with Crippen LogP contribution in [0.15, 0.2) is 132 Å². The Labute approximate surface area is 241 Å². The molecule has 0 unspecified atom stereocenters. The van der Waals surface area contributed by atoms with Crippen molar-refractivity contribution >= 4 is 65.3 Å². The molecule has 9 aromatic rings. The average Bonchev–Trinajstić information content (AvgIpc) is 3.46. The molecule has 0 saturated heterocycles. The number of aryl methyl sites for hydroxylation is 1. The minimum absolute atomic E-state index is 0.859. The van der Waals surface area contributed by atoms with Gasteiger partial charge in [-0.25, -0.2) is 4.98 Å². The summed E-state index contributed by atoms with van der Waals surface area (Å²) in [5.41, 5.74) is 8.97. The van der Waals surface area contributed by atoms with Crippen LogP contribution in [0.2, 0.25) is 0 Å². The highest BCUT2D eigenvalue weighted by Crippen LogP contribution is 2.42. The highest BCUT2D eigenvalue weighted by Gasteiger charge is 2.18. The number of aromatic nitrogens is 2. The van der Waals surface area contributed by atoms with Crippen LogP contribution in [-0.2, 0) is 0 Å². The Morgan fingerprint density at radius 2 is 1.14 bits per heavy atom. The van der Waals surface area contributed by atoms with Crippen molar-refractivity contribution in [2.24, 2.45) is 0 Å². The molecule has 0 fully saturated rings. The van der Waals surface area contributed by atoms with Gasteiger partial charge in [0.15, 0.2) is 0 Å². The van der Waals surface area contributed by atoms with Crippen molar-refractivity contribution in [3.63, 3.8) is 0 Å². The van der Waals surface area contributed by atoms with Gasteiger partial charge in [0, 0.05) is 32.7 Å². The van der Waals surface area contributed by atoms with Crippen molar-refractivity contribution in [2.45, 2.75) is 6.92 Å². The highest BCUT2D eigenvalue weighted by atomic mass is 16.3. The lowest BCUT2D eigenvalue weighted by molar-refractivity contribution is 0.667. The predicted octanol–water partition coefficient (Wildman–Crippen LogP) is 10.6. The Morgan fingerprint density at radius 3 is 1.90 bits per heavy atom. The van der Waals surface area contributed by atoms with E-state index >= 15 is 0 Å². The van der Waals surface area contributed by atoms with Crippen LogP contribution in [0.5, 0.6) is 0 Å². The molecule has 0 radical (unpaired) electrons.